The maximum atomic E-state index is 13.0. The Morgan fingerprint density at radius 3 is 2.58 bits per heavy atom. The number of amides is 1. The number of rotatable bonds is 7. The molecule has 4 heteroatoms. The van der Waals surface area contributed by atoms with Gasteiger partial charge in [0.2, 0.25) is 5.91 Å². The maximum Gasteiger partial charge on any atom is 0.226 e. The van der Waals surface area contributed by atoms with Crippen molar-refractivity contribution >= 4 is 22.5 Å². The van der Waals surface area contributed by atoms with Crippen LogP contribution in [0.4, 0.5) is 5.69 Å². The summed E-state index contributed by atoms with van der Waals surface area (Å²) < 4.78 is 0. The Morgan fingerprint density at radius 2 is 1.84 bits per heavy atom. The Kier molecular flexibility index (Phi) is 6.17. The minimum absolute atomic E-state index is 0.170. The first kappa shape index (κ1) is 20.9. The number of carbonyl (C=O) groups excluding carboxylic acids is 1. The van der Waals surface area contributed by atoms with E-state index in [0.717, 1.165) is 41.0 Å². The number of nitrogens with one attached hydrogen (secondary N) is 1. The topological polar surface area (TPSA) is 49.0 Å². The van der Waals surface area contributed by atoms with Crippen LogP contribution in [-0.2, 0) is 11.2 Å². The Labute approximate surface area is 183 Å². The van der Waals surface area contributed by atoms with E-state index in [1.165, 1.54) is 16.5 Å². The second kappa shape index (κ2) is 9.17. The number of aromatic amines is 1. The number of H-pyrrole nitrogens is 1. The minimum atomic E-state index is 0.170. The van der Waals surface area contributed by atoms with Crippen LogP contribution in [0.5, 0.6) is 0 Å². The molecule has 0 aliphatic rings. The van der Waals surface area contributed by atoms with Crippen LogP contribution in [0.1, 0.15) is 36.5 Å². The van der Waals surface area contributed by atoms with Gasteiger partial charge in [-0.05, 0) is 81.1 Å². The molecule has 4 nitrogen and oxygen atoms in total. The van der Waals surface area contributed by atoms with Gasteiger partial charge in [-0.1, -0.05) is 29.8 Å². The lowest BCUT2D eigenvalue weighted by atomic mass is 10.0. The van der Waals surface area contributed by atoms with Crippen LogP contribution in [0.2, 0.25) is 0 Å². The van der Waals surface area contributed by atoms with Crippen molar-refractivity contribution in [1.29, 1.82) is 0 Å². The highest BCUT2D eigenvalue weighted by molar-refractivity contribution is 5.94. The molecule has 0 saturated carbocycles. The maximum absolute atomic E-state index is 13.0. The van der Waals surface area contributed by atoms with E-state index in [0.29, 0.717) is 13.0 Å². The van der Waals surface area contributed by atoms with E-state index in [1.807, 2.05) is 48.4 Å². The third kappa shape index (κ3) is 4.53. The number of nitrogens with zero attached hydrogens (tertiary/aromatic N) is 2. The largest absolute Gasteiger partial charge is 0.353 e. The van der Waals surface area contributed by atoms with Gasteiger partial charge in [-0.2, -0.15) is 0 Å². The molecule has 0 fully saturated rings. The first-order valence-electron chi connectivity index (χ1n) is 11.0. The Morgan fingerprint density at radius 1 is 1.00 bits per heavy atom. The van der Waals surface area contributed by atoms with Crippen molar-refractivity contribution < 1.29 is 4.79 Å². The lowest BCUT2D eigenvalue weighted by molar-refractivity contribution is -0.118. The second-order valence-electron chi connectivity index (χ2n) is 8.07. The van der Waals surface area contributed by atoms with Crippen molar-refractivity contribution in [2.24, 2.45) is 0 Å². The highest BCUT2D eigenvalue weighted by atomic mass is 16.2. The summed E-state index contributed by atoms with van der Waals surface area (Å²) in [7, 11) is 0. The van der Waals surface area contributed by atoms with Crippen LogP contribution in [0, 0.1) is 13.8 Å². The van der Waals surface area contributed by atoms with E-state index in [1.54, 1.807) is 0 Å². The summed E-state index contributed by atoms with van der Waals surface area (Å²) in [6.07, 6.45) is 3.96. The lowest BCUT2D eigenvalue weighted by Crippen LogP contribution is -2.30. The molecule has 0 radical (unpaired) electrons. The summed E-state index contributed by atoms with van der Waals surface area (Å²) in [5.74, 6) is 0.170. The molecule has 4 rings (SSSR count). The first-order chi connectivity index (χ1) is 15.1. The van der Waals surface area contributed by atoms with Crippen molar-refractivity contribution in [2.45, 2.75) is 40.0 Å². The molecule has 0 aliphatic carbocycles. The van der Waals surface area contributed by atoms with E-state index in [2.05, 4.69) is 54.1 Å². The van der Waals surface area contributed by atoms with Crippen LogP contribution in [0.25, 0.3) is 22.3 Å². The number of aromatic nitrogens is 2. The molecule has 1 amide bonds. The Balaban J connectivity index is 1.56. The number of benzene rings is 2. The van der Waals surface area contributed by atoms with Crippen molar-refractivity contribution in [2.75, 3.05) is 11.4 Å². The number of aryl methyl sites for hydroxylation is 3. The van der Waals surface area contributed by atoms with Gasteiger partial charge in [0.15, 0.2) is 0 Å². The Hall–Kier alpha value is -3.40. The zero-order chi connectivity index (χ0) is 21.8. The van der Waals surface area contributed by atoms with Crippen LogP contribution in [0.3, 0.4) is 0 Å². The molecule has 0 saturated heterocycles. The highest BCUT2D eigenvalue weighted by Gasteiger charge is 2.17. The molecule has 0 spiro atoms. The van der Waals surface area contributed by atoms with Crippen LogP contribution in [-0.4, -0.2) is 22.4 Å². The quantitative estimate of drug-likeness (QED) is 0.392. The van der Waals surface area contributed by atoms with Crippen LogP contribution >= 0.6 is 0 Å². The third-order valence-electron chi connectivity index (χ3n) is 5.73. The molecular weight excluding hydrogens is 382 g/mol. The number of fused-ring (bicyclic) bond motifs is 1. The summed E-state index contributed by atoms with van der Waals surface area (Å²) in [5.41, 5.74) is 7.72. The smallest absolute Gasteiger partial charge is 0.226 e. The Bertz CT molecular complexity index is 1190. The molecule has 158 valence electrons. The zero-order valence-electron chi connectivity index (χ0n) is 18.5. The normalized spacial score (nSPS) is 11.1. The summed E-state index contributed by atoms with van der Waals surface area (Å²) in [5, 5.41) is 1.22. The number of hydrogen-bond acceptors (Lipinski definition) is 2. The van der Waals surface area contributed by atoms with E-state index in [9.17, 15) is 4.79 Å². The van der Waals surface area contributed by atoms with Crippen LogP contribution in [0.15, 0.2) is 66.9 Å². The van der Waals surface area contributed by atoms with Gasteiger partial charge in [0.25, 0.3) is 0 Å². The predicted octanol–water partition coefficient (Wildman–Crippen LogP) is 6.22. The first-order valence-corrected chi connectivity index (χ1v) is 11.0. The van der Waals surface area contributed by atoms with Gasteiger partial charge >= 0.3 is 0 Å². The van der Waals surface area contributed by atoms with Crippen LogP contribution < -0.4 is 4.90 Å². The number of anilines is 1. The van der Waals surface area contributed by atoms with Gasteiger partial charge < -0.3 is 9.88 Å². The van der Waals surface area contributed by atoms with Gasteiger partial charge in [-0.3, -0.25) is 9.78 Å². The van der Waals surface area contributed by atoms with E-state index in [-0.39, 0.29) is 5.91 Å². The third-order valence-corrected chi connectivity index (χ3v) is 5.73. The lowest BCUT2D eigenvalue weighted by Gasteiger charge is -2.21. The monoisotopic (exact) mass is 411 g/mol. The summed E-state index contributed by atoms with van der Waals surface area (Å²) in [4.78, 5) is 23.0. The number of hydrogen-bond donors (Lipinski definition) is 1. The van der Waals surface area contributed by atoms with E-state index >= 15 is 0 Å². The SMILES string of the molecule is CCN(C(=O)CCCc1c(-c2ccccn2)[nH]c2ccc(C)cc12)c1cccc(C)c1. The molecule has 2 heterocycles. The van der Waals surface area contributed by atoms with Crippen molar-refractivity contribution in [3.8, 4) is 11.4 Å². The van der Waals surface area contributed by atoms with Gasteiger partial charge in [0, 0.05) is 35.8 Å². The van der Waals surface area contributed by atoms with E-state index < -0.39 is 0 Å². The molecule has 0 unspecified atom stereocenters. The summed E-state index contributed by atoms with van der Waals surface area (Å²) >= 11 is 0. The molecule has 2 aromatic heterocycles. The average Bonchev–Trinajstić information content (AvgIpc) is 3.13. The van der Waals surface area contributed by atoms with Gasteiger partial charge in [-0.25, -0.2) is 0 Å². The second-order valence-corrected chi connectivity index (χ2v) is 8.07. The standard InChI is InChI=1S/C27H29N3O/c1-4-30(21-10-7-9-19(2)17-21)26(31)13-8-11-22-23-18-20(3)14-15-24(23)29-27(22)25-12-5-6-16-28-25/h5-7,9-10,12,14-18,29H,4,8,11,13H2,1-3H3. The molecule has 31 heavy (non-hydrogen) atoms. The molecule has 2 aromatic carbocycles. The zero-order valence-corrected chi connectivity index (χ0v) is 18.5. The molecule has 1 N–H and O–H groups in total. The highest BCUT2D eigenvalue weighted by Crippen LogP contribution is 2.31. The summed E-state index contributed by atoms with van der Waals surface area (Å²) in [6.45, 7) is 6.87. The molecule has 0 bridgehead atoms. The van der Waals surface area contributed by atoms with E-state index in [4.69, 9.17) is 0 Å². The van der Waals surface area contributed by atoms with Gasteiger partial charge in [0.1, 0.15) is 0 Å². The fourth-order valence-electron chi connectivity index (χ4n) is 4.20. The molecular formula is C27H29N3O. The van der Waals surface area contributed by atoms with Gasteiger partial charge in [-0.15, -0.1) is 0 Å². The minimum Gasteiger partial charge on any atom is -0.353 e. The number of pyridine rings is 1. The molecule has 4 aromatic rings. The van der Waals surface area contributed by atoms with Crippen molar-refractivity contribution in [3.63, 3.8) is 0 Å². The molecule has 0 atom stereocenters. The van der Waals surface area contributed by atoms with Crippen molar-refractivity contribution in [3.05, 3.63) is 83.6 Å². The number of carbonyl (C=O) groups is 1. The fourth-order valence-corrected chi connectivity index (χ4v) is 4.20. The molecule has 0 aliphatic heterocycles. The van der Waals surface area contributed by atoms with Gasteiger partial charge in [0.05, 0.1) is 11.4 Å². The fraction of sp³-hybridized carbons (Fsp3) is 0.259. The summed E-state index contributed by atoms with van der Waals surface area (Å²) in [6, 6.07) is 20.6. The predicted molar refractivity (Wildman–Crippen MR) is 128 cm³/mol. The van der Waals surface area contributed by atoms with Crippen molar-refractivity contribution in [1.82, 2.24) is 9.97 Å². The average molecular weight is 412 g/mol.